The topological polar surface area (TPSA) is 102 Å². The minimum Gasteiger partial charge on any atom is -0.488 e. The highest BCUT2D eigenvalue weighted by atomic mass is 19.1. The summed E-state index contributed by atoms with van der Waals surface area (Å²) in [6, 6.07) is 8.81. The number of carbonyl (C=O) groups excluding carboxylic acids is 1. The number of aromatic nitrogens is 1. The number of nitrogens with zero attached hydrogens (tertiary/aromatic N) is 2. The fourth-order valence-corrected chi connectivity index (χ4v) is 3.27. The van der Waals surface area contributed by atoms with Gasteiger partial charge in [0, 0.05) is 37.7 Å². The smallest absolute Gasteiger partial charge is 0.313 e. The van der Waals surface area contributed by atoms with Crippen LogP contribution in [0.15, 0.2) is 36.5 Å². The van der Waals surface area contributed by atoms with Gasteiger partial charge in [0.2, 0.25) is 0 Å². The van der Waals surface area contributed by atoms with Crippen molar-refractivity contribution in [2.45, 2.75) is 38.9 Å². The molecule has 1 saturated heterocycles. The quantitative estimate of drug-likeness (QED) is 0.421. The number of anilines is 1. The van der Waals surface area contributed by atoms with Gasteiger partial charge in [-0.3, -0.25) is 15.2 Å². The van der Waals surface area contributed by atoms with Gasteiger partial charge in [0.25, 0.3) is 0 Å². The van der Waals surface area contributed by atoms with E-state index in [-0.39, 0.29) is 25.0 Å². The Morgan fingerprint density at radius 2 is 2.07 bits per heavy atom. The van der Waals surface area contributed by atoms with E-state index in [9.17, 15) is 9.18 Å². The van der Waals surface area contributed by atoms with E-state index < -0.39 is 11.8 Å². The number of piperidine rings is 1. The molecule has 0 spiro atoms. The Balaban J connectivity index is 1.58. The van der Waals surface area contributed by atoms with E-state index in [1.165, 1.54) is 0 Å². The van der Waals surface area contributed by atoms with Crippen LogP contribution in [0.25, 0.3) is 0 Å². The Kier molecular flexibility index (Phi) is 6.64. The number of aryl methyl sites for hydroxylation is 1. The first kappa shape index (κ1) is 20.6. The SMILES string of the molecule is Cc1ncccc1OC1CCN(c2cccc(COC(=O)CC(=N)N)c2F)CC1. The Bertz CT molecular complexity index is 882. The van der Waals surface area contributed by atoms with Crippen LogP contribution >= 0.6 is 0 Å². The van der Waals surface area contributed by atoms with Crippen LogP contribution in [0, 0.1) is 18.2 Å². The lowest BCUT2D eigenvalue weighted by atomic mass is 10.1. The van der Waals surface area contributed by atoms with Crippen molar-refractivity contribution in [1.29, 1.82) is 5.41 Å². The average molecular weight is 400 g/mol. The second-order valence-electron chi connectivity index (χ2n) is 7.00. The molecule has 1 fully saturated rings. The normalized spacial score (nSPS) is 14.5. The number of ether oxygens (including phenoxy) is 2. The van der Waals surface area contributed by atoms with Crippen molar-refractivity contribution in [3.05, 3.63) is 53.6 Å². The van der Waals surface area contributed by atoms with Crippen LogP contribution in [-0.2, 0) is 16.1 Å². The van der Waals surface area contributed by atoms with Gasteiger partial charge in [-0.1, -0.05) is 12.1 Å². The summed E-state index contributed by atoms with van der Waals surface area (Å²) < 4.78 is 26.0. The number of amidine groups is 1. The Hall–Kier alpha value is -3.16. The van der Waals surface area contributed by atoms with Gasteiger partial charge >= 0.3 is 5.97 Å². The number of rotatable bonds is 7. The molecule has 2 aromatic rings. The van der Waals surface area contributed by atoms with Gasteiger partial charge in [-0.25, -0.2) is 4.39 Å². The van der Waals surface area contributed by atoms with Gasteiger partial charge < -0.3 is 20.1 Å². The summed E-state index contributed by atoms with van der Waals surface area (Å²) in [5, 5.41) is 7.10. The number of pyridine rings is 1. The lowest BCUT2D eigenvalue weighted by Gasteiger charge is -2.34. The third-order valence-corrected chi connectivity index (χ3v) is 4.82. The molecule has 0 unspecified atom stereocenters. The molecule has 1 aliphatic heterocycles. The Labute approximate surface area is 169 Å². The summed E-state index contributed by atoms with van der Waals surface area (Å²) in [6.45, 7) is 3.04. The summed E-state index contributed by atoms with van der Waals surface area (Å²) in [7, 11) is 0. The number of carbonyl (C=O) groups is 1. The molecule has 1 aromatic heterocycles. The van der Waals surface area contributed by atoms with Crippen LogP contribution in [-0.4, -0.2) is 36.0 Å². The molecule has 7 nitrogen and oxygen atoms in total. The fraction of sp³-hybridized carbons (Fsp3) is 0.381. The third kappa shape index (κ3) is 5.43. The standard InChI is InChI=1S/C21H25FN4O3/c1-14-18(6-3-9-25-14)29-16-7-10-26(11-8-16)17-5-2-4-15(21(17)22)13-28-20(27)12-19(23)24/h2-6,9,16H,7-8,10-13H2,1H3,(H3,23,24). The first-order valence-corrected chi connectivity index (χ1v) is 9.53. The van der Waals surface area contributed by atoms with Crippen LogP contribution in [0.1, 0.15) is 30.5 Å². The molecule has 8 heteroatoms. The minimum atomic E-state index is -0.647. The number of esters is 1. The van der Waals surface area contributed by atoms with E-state index in [0.29, 0.717) is 24.3 Å². The van der Waals surface area contributed by atoms with Crippen molar-refractivity contribution in [3.63, 3.8) is 0 Å². The van der Waals surface area contributed by atoms with E-state index >= 15 is 0 Å². The summed E-state index contributed by atoms with van der Waals surface area (Å²) in [6.07, 6.45) is 3.04. The number of nitrogens with one attached hydrogen (secondary N) is 1. The Morgan fingerprint density at radius 3 is 2.76 bits per heavy atom. The lowest BCUT2D eigenvalue weighted by Crippen LogP contribution is -2.38. The fourth-order valence-electron chi connectivity index (χ4n) is 3.27. The molecule has 3 rings (SSSR count). The van der Waals surface area contributed by atoms with E-state index in [0.717, 1.165) is 24.3 Å². The molecule has 154 valence electrons. The minimum absolute atomic E-state index is 0.0629. The zero-order valence-corrected chi connectivity index (χ0v) is 16.4. The number of hydrogen-bond acceptors (Lipinski definition) is 6. The molecule has 0 saturated carbocycles. The molecule has 0 atom stereocenters. The summed E-state index contributed by atoms with van der Waals surface area (Å²) in [5.74, 6) is -0.543. The van der Waals surface area contributed by atoms with Gasteiger partial charge in [-0.05, 0) is 25.1 Å². The van der Waals surface area contributed by atoms with Gasteiger partial charge in [0.15, 0.2) is 5.82 Å². The zero-order chi connectivity index (χ0) is 20.8. The molecule has 29 heavy (non-hydrogen) atoms. The van der Waals surface area contributed by atoms with Crippen molar-refractivity contribution >= 4 is 17.5 Å². The maximum absolute atomic E-state index is 14.9. The zero-order valence-electron chi connectivity index (χ0n) is 16.4. The highest BCUT2D eigenvalue weighted by molar-refractivity contribution is 5.94. The number of benzene rings is 1. The van der Waals surface area contributed by atoms with Crippen molar-refractivity contribution in [3.8, 4) is 5.75 Å². The van der Waals surface area contributed by atoms with Gasteiger partial charge in [-0.15, -0.1) is 0 Å². The van der Waals surface area contributed by atoms with Gasteiger partial charge in [0.1, 0.15) is 30.7 Å². The second-order valence-corrected chi connectivity index (χ2v) is 7.00. The molecule has 0 radical (unpaired) electrons. The average Bonchev–Trinajstić information content (AvgIpc) is 2.69. The summed E-state index contributed by atoms with van der Waals surface area (Å²) in [4.78, 5) is 17.8. The molecule has 2 heterocycles. The van der Waals surface area contributed by atoms with Crippen LogP contribution in [0.3, 0.4) is 0 Å². The molecular weight excluding hydrogens is 375 g/mol. The number of hydrogen-bond donors (Lipinski definition) is 2. The second kappa shape index (κ2) is 9.36. The lowest BCUT2D eigenvalue weighted by molar-refractivity contribution is -0.143. The Morgan fingerprint density at radius 1 is 1.31 bits per heavy atom. The van der Waals surface area contributed by atoms with Gasteiger partial charge in [-0.2, -0.15) is 0 Å². The molecule has 0 bridgehead atoms. The van der Waals surface area contributed by atoms with Gasteiger partial charge in [0.05, 0.1) is 11.4 Å². The van der Waals surface area contributed by atoms with Crippen LogP contribution < -0.4 is 15.4 Å². The van der Waals surface area contributed by atoms with E-state index in [2.05, 4.69) is 4.98 Å². The predicted octanol–water partition coefficient (Wildman–Crippen LogP) is 2.95. The molecule has 0 aliphatic carbocycles. The van der Waals surface area contributed by atoms with Crippen LogP contribution in [0.2, 0.25) is 0 Å². The van der Waals surface area contributed by atoms with E-state index in [1.807, 2.05) is 24.0 Å². The van der Waals surface area contributed by atoms with Crippen LogP contribution in [0.4, 0.5) is 10.1 Å². The maximum atomic E-state index is 14.9. The highest BCUT2D eigenvalue weighted by Crippen LogP contribution is 2.28. The number of halogens is 1. The van der Waals surface area contributed by atoms with Crippen molar-refractivity contribution in [2.75, 3.05) is 18.0 Å². The molecular formula is C21H25FN4O3. The summed E-state index contributed by atoms with van der Waals surface area (Å²) in [5.41, 5.74) is 6.81. The largest absolute Gasteiger partial charge is 0.488 e. The van der Waals surface area contributed by atoms with Crippen molar-refractivity contribution in [1.82, 2.24) is 4.98 Å². The molecule has 0 amide bonds. The molecule has 1 aromatic carbocycles. The first-order chi connectivity index (χ1) is 13.9. The first-order valence-electron chi connectivity index (χ1n) is 9.53. The van der Waals surface area contributed by atoms with E-state index in [4.69, 9.17) is 20.6 Å². The predicted molar refractivity (Wildman–Crippen MR) is 108 cm³/mol. The van der Waals surface area contributed by atoms with Crippen molar-refractivity contribution < 1.29 is 18.7 Å². The highest BCUT2D eigenvalue weighted by Gasteiger charge is 2.24. The summed E-state index contributed by atoms with van der Waals surface area (Å²) >= 11 is 0. The van der Waals surface area contributed by atoms with Crippen LogP contribution in [0.5, 0.6) is 5.75 Å². The third-order valence-electron chi connectivity index (χ3n) is 4.82. The molecule has 3 N–H and O–H groups in total. The number of nitrogens with two attached hydrogens (primary N) is 1. The van der Waals surface area contributed by atoms with Crippen molar-refractivity contribution in [2.24, 2.45) is 5.73 Å². The molecule has 1 aliphatic rings. The monoisotopic (exact) mass is 400 g/mol. The maximum Gasteiger partial charge on any atom is 0.313 e. The van der Waals surface area contributed by atoms with E-state index in [1.54, 1.807) is 24.4 Å².